The fraction of sp³-hybridized carbons (Fsp3) is 0.333. The van der Waals surface area contributed by atoms with Crippen LogP contribution in [0.25, 0.3) is 0 Å². The number of Topliss-reactive ketones (excluding diaryl/α,β-unsaturated/α-hetero) is 1. The number of anilines is 1. The Hall–Kier alpha value is -1.35. The van der Waals surface area contributed by atoms with E-state index in [0.717, 1.165) is 11.3 Å². The van der Waals surface area contributed by atoms with Crippen LogP contribution in [0.3, 0.4) is 0 Å². The SMILES string of the molecule is CC(Cl)C(=O)c1ccc2c(c1)CC(=O)N2C. The van der Waals surface area contributed by atoms with Crippen LogP contribution in [0.4, 0.5) is 5.69 Å². The molecule has 2 rings (SSSR count). The highest BCUT2D eigenvalue weighted by atomic mass is 35.5. The number of fused-ring (bicyclic) bond motifs is 1. The van der Waals surface area contributed by atoms with E-state index >= 15 is 0 Å². The molecule has 0 spiro atoms. The molecule has 1 heterocycles. The van der Waals surface area contributed by atoms with E-state index in [0.29, 0.717) is 12.0 Å². The van der Waals surface area contributed by atoms with Gasteiger partial charge in [0.05, 0.1) is 11.8 Å². The van der Waals surface area contributed by atoms with Crippen LogP contribution in [0.15, 0.2) is 18.2 Å². The van der Waals surface area contributed by atoms with Gasteiger partial charge in [-0.3, -0.25) is 9.59 Å². The summed E-state index contributed by atoms with van der Waals surface area (Å²) in [5.74, 6) is -0.0509. The Morgan fingerprint density at radius 3 is 2.81 bits per heavy atom. The summed E-state index contributed by atoms with van der Waals surface area (Å²) in [6, 6.07) is 5.28. The first-order valence-corrected chi connectivity index (χ1v) is 5.52. The van der Waals surface area contributed by atoms with Gasteiger partial charge in [0.1, 0.15) is 0 Å². The minimum atomic E-state index is -0.534. The standard InChI is InChI=1S/C12H12ClNO2/c1-7(13)12(16)8-3-4-10-9(5-8)6-11(15)14(10)2/h3-5,7H,6H2,1-2H3. The van der Waals surface area contributed by atoms with Crippen LogP contribution in [0.1, 0.15) is 22.8 Å². The number of carbonyl (C=O) groups excluding carboxylic acids is 2. The topological polar surface area (TPSA) is 37.4 Å². The molecule has 4 heteroatoms. The molecule has 1 aliphatic rings. The van der Waals surface area contributed by atoms with Gasteiger partial charge in [-0.1, -0.05) is 0 Å². The molecule has 0 saturated heterocycles. The number of ketones is 1. The largest absolute Gasteiger partial charge is 0.315 e. The van der Waals surface area contributed by atoms with Crippen LogP contribution in [0, 0.1) is 0 Å². The van der Waals surface area contributed by atoms with Crippen LogP contribution in [-0.2, 0) is 11.2 Å². The van der Waals surface area contributed by atoms with E-state index in [1.165, 1.54) is 0 Å². The lowest BCUT2D eigenvalue weighted by molar-refractivity contribution is -0.117. The monoisotopic (exact) mass is 237 g/mol. The molecule has 0 fully saturated rings. The van der Waals surface area contributed by atoms with Crippen molar-refractivity contribution < 1.29 is 9.59 Å². The Labute approximate surface area is 99.0 Å². The minimum Gasteiger partial charge on any atom is -0.315 e. The molecule has 3 nitrogen and oxygen atoms in total. The number of likely N-dealkylation sites (N-methyl/N-ethyl adjacent to an activating group) is 1. The number of carbonyl (C=O) groups is 2. The Kier molecular flexibility index (Phi) is 2.72. The highest BCUT2D eigenvalue weighted by Crippen LogP contribution is 2.28. The molecule has 16 heavy (non-hydrogen) atoms. The molecule has 1 unspecified atom stereocenters. The Morgan fingerprint density at radius 1 is 1.50 bits per heavy atom. The summed E-state index contributed by atoms with van der Waals surface area (Å²) in [6.07, 6.45) is 0.365. The molecule has 1 amide bonds. The van der Waals surface area contributed by atoms with E-state index in [1.807, 2.05) is 0 Å². The molecule has 1 aromatic carbocycles. The number of benzene rings is 1. The third-order valence-electron chi connectivity index (χ3n) is 2.80. The second kappa shape index (κ2) is 3.91. The molecule has 1 aliphatic heterocycles. The smallest absolute Gasteiger partial charge is 0.231 e. The van der Waals surface area contributed by atoms with E-state index in [2.05, 4.69) is 0 Å². The Balaban J connectivity index is 2.39. The second-order valence-corrected chi connectivity index (χ2v) is 4.61. The van der Waals surface area contributed by atoms with E-state index in [-0.39, 0.29) is 11.7 Å². The van der Waals surface area contributed by atoms with Gasteiger partial charge in [0.2, 0.25) is 5.91 Å². The molecule has 1 atom stereocenters. The molecule has 0 saturated carbocycles. The van der Waals surface area contributed by atoms with Crippen LogP contribution in [0.2, 0.25) is 0 Å². The minimum absolute atomic E-state index is 0.0542. The normalized spacial score (nSPS) is 16.2. The number of alkyl halides is 1. The Morgan fingerprint density at radius 2 is 2.19 bits per heavy atom. The van der Waals surface area contributed by atoms with Crippen molar-refractivity contribution in [1.29, 1.82) is 0 Å². The fourth-order valence-corrected chi connectivity index (χ4v) is 1.98. The third kappa shape index (κ3) is 1.71. The maximum absolute atomic E-state index is 11.7. The van der Waals surface area contributed by atoms with Crippen molar-refractivity contribution in [2.24, 2.45) is 0 Å². The van der Waals surface area contributed by atoms with Gasteiger partial charge < -0.3 is 4.90 Å². The number of hydrogen-bond donors (Lipinski definition) is 0. The molecule has 0 radical (unpaired) electrons. The zero-order chi connectivity index (χ0) is 11.9. The zero-order valence-electron chi connectivity index (χ0n) is 9.16. The summed E-state index contributed by atoms with van der Waals surface area (Å²) in [6.45, 7) is 1.65. The highest BCUT2D eigenvalue weighted by Gasteiger charge is 2.25. The summed E-state index contributed by atoms with van der Waals surface area (Å²) in [7, 11) is 1.74. The Bertz CT molecular complexity index is 468. The van der Waals surface area contributed by atoms with Crippen LogP contribution in [0.5, 0.6) is 0 Å². The molecule has 1 aromatic rings. The predicted molar refractivity (Wildman–Crippen MR) is 63.2 cm³/mol. The van der Waals surface area contributed by atoms with Crippen LogP contribution in [-0.4, -0.2) is 24.1 Å². The van der Waals surface area contributed by atoms with E-state index in [1.54, 1.807) is 37.1 Å². The first-order chi connectivity index (χ1) is 7.50. The first kappa shape index (κ1) is 11.1. The number of rotatable bonds is 2. The van der Waals surface area contributed by atoms with Crippen molar-refractivity contribution in [3.05, 3.63) is 29.3 Å². The van der Waals surface area contributed by atoms with E-state index < -0.39 is 5.38 Å². The van der Waals surface area contributed by atoms with Gasteiger partial charge in [0.25, 0.3) is 0 Å². The van der Waals surface area contributed by atoms with Gasteiger partial charge in [-0.05, 0) is 30.7 Å². The summed E-state index contributed by atoms with van der Waals surface area (Å²) < 4.78 is 0. The number of amides is 1. The molecular weight excluding hydrogens is 226 g/mol. The van der Waals surface area contributed by atoms with Crippen molar-refractivity contribution in [3.63, 3.8) is 0 Å². The van der Waals surface area contributed by atoms with Crippen molar-refractivity contribution >= 4 is 29.0 Å². The summed E-state index contributed by atoms with van der Waals surface area (Å²) >= 11 is 5.74. The van der Waals surface area contributed by atoms with Gasteiger partial charge in [-0.15, -0.1) is 11.6 Å². The average molecular weight is 238 g/mol. The summed E-state index contributed by atoms with van der Waals surface area (Å²) in [5.41, 5.74) is 2.35. The highest BCUT2D eigenvalue weighted by molar-refractivity contribution is 6.33. The van der Waals surface area contributed by atoms with Gasteiger partial charge >= 0.3 is 0 Å². The van der Waals surface area contributed by atoms with Gasteiger partial charge in [0, 0.05) is 18.3 Å². The maximum atomic E-state index is 11.7. The van der Waals surface area contributed by atoms with Gasteiger partial charge in [-0.2, -0.15) is 0 Å². The van der Waals surface area contributed by atoms with Gasteiger partial charge in [-0.25, -0.2) is 0 Å². The van der Waals surface area contributed by atoms with Crippen molar-refractivity contribution in [1.82, 2.24) is 0 Å². The first-order valence-electron chi connectivity index (χ1n) is 5.08. The predicted octanol–water partition coefficient (Wildman–Crippen LogP) is 2.02. The molecule has 84 valence electrons. The molecule has 0 N–H and O–H groups in total. The lowest BCUT2D eigenvalue weighted by Crippen LogP contribution is -2.20. The third-order valence-corrected chi connectivity index (χ3v) is 3.00. The zero-order valence-corrected chi connectivity index (χ0v) is 9.91. The quantitative estimate of drug-likeness (QED) is 0.583. The molecule has 0 aliphatic carbocycles. The number of hydrogen-bond acceptors (Lipinski definition) is 2. The molecular formula is C12H12ClNO2. The molecule has 0 bridgehead atoms. The number of halogens is 1. The van der Waals surface area contributed by atoms with E-state index in [9.17, 15) is 9.59 Å². The van der Waals surface area contributed by atoms with Crippen molar-refractivity contribution in [2.75, 3.05) is 11.9 Å². The van der Waals surface area contributed by atoms with Crippen LogP contribution < -0.4 is 4.90 Å². The van der Waals surface area contributed by atoms with Gasteiger partial charge in [0.15, 0.2) is 5.78 Å². The lowest BCUT2D eigenvalue weighted by Gasteiger charge is -2.10. The maximum Gasteiger partial charge on any atom is 0.231 e. The van der Waals surface area contributed by atoms with Crippen molar-refractivity contribution in [2.45, 2.75) is 18.7 Å². The lowest BCUT2D eigenvalue weighted by atomic mass is 10.0. The molecule has 0 aromatic heterocycles. The number of nitrogens with zero attached hydrogens (tertiary/aromatic N) is 1. The summed E-state index contributed by atoms with van der Waals surface area (Å²) in [5, 5.41) is -0.534. The van der Waals surface area contributed by atoms with Crippen LogP contribution >= 0.6 is 11.6 Å². The average Bonchev–Trinajstić information content (AvgIpc) is 2.53. The fourth-order valence-electron chi connectivity index (χ4n) is 1.85. The second-order valence-electron chi connectivity index (χ2n) is 3.95. The van der Waals surface area contributed by atoms with E-state index in [4.69, 9.17) is 11.6 Å². The van der Waals surface area contributed by atoms with Crippen molar-refractivity contribution in [3.8, 4) is 0 Å². The summed E-state index contributed by atoms with van der Waals surface area (Å²) in [4.78, 5) is 24.7.